The monoisotopic (exact) mass is 330 g/mol. The number of halogens is 6. The molecule has 1 aliphatic rings. The summed E-state index contributed by atoms with van der Waals surface area (Å²) in [5.41, 5.74) is -9.61. The van der Waals surface area contributed by atoms with Crippen LogP contribution in [0.5, 0.6) is 0 Å². The lowest BCUT2D eigenvalue weighted by atomic mass is 10.1. The minimum atomic E-state index is -5.07. The molecule has 0 bridgehead atoms. The maximum atomic E-state index is 12.3. The van der Waals surface area contributed by atoms with Crippen LogP contribution in [0, 0.1) is 0 Å². The van der Waals surface area contributed by atoms with E-state index in [0.717, 1.165) is 0 Å². The van der Waals surface area contributed by atoms with E-state index < -0.39 is 33.5 Å². The lowest BCUT2D eigenvalue weighted by Crippen LogP contribution is -2.32. The maximum absolute atomic E-state index is 12.3. The Balaban J connectivity index is 2.71. The highest BCUT2D eigenvalue weighted by Crippen LogP contribution is 2.41. The molecule has 2 nitrogen and oxygen atoms in total. The highest BCUT2D eigenvalue weighted by atomic mass is 32.2. The van der Waals surface area contributed by atoms with Crippen molar-refractivity contribution in [2.24, 2.45) is 0 Å². The molecule has 1 rings (SSSR count). The lowest BCUT2D eigenvalue weighted by Gasteiger charge is -2.24. The zero-order valence-electron chi connectivity index (χ0n) is 9.59. The second-order valence-corrected chi connectivity index (χ2v) is 6.48. The molecule has 19 heavy (non-hydrogen) atoms. The Morgan fingerprint density at radius 3 is 2.11 bits per heavy atom. The van der Waals surface area contributed by atoms with E-state index in [2.05, 4.69) is 4.18 Å². The Hall–Kier alpha value is 0.0400. The highest BCUT2D eigenvalue weighted by Gasteiger charge is 2.44. The minimum Gasteiger partial charge on any atom is -0.279 e. The number of alkyl halides is 6. The molecule has 1 saturated carbocycles. The van der Waals surface area contributed by atoms with Crippen LogP contribution in [0.25, 0.3) is 0 Å². The van der Waals surface area contributed by atoms with Crippen LogP contribution in [0.2, 0.25) is 0 Å². The summed E-state index contributed by atoms with van der Waals surface area (Å²) in [6, 6.07) is 0. The van der Waals surface area contributed by atoms with Gasteiger partial charge in [-0.1, -0.05) is 19.3 Å². The number of hydrogen-bond donors (Lipinski definition) is 0. The van der Waals surface area contributed by atoms with Crippen LogP contribution >= 0.6 is 11.8 Å². The molecule has 1 aliphatic carbocycles. The third kappa shape index (κ3) is 6.35. The second-order valence-electron chi connectivity index (χ2n) is 4.06. The van der Waals surface area contributed by atoms with Gasteiger partial charge in [0.05, 0.1) is 6.10 Å². The average Bonchev–Trinajstić information content (AvgIpc) is 2.41. The predicted octanol–water partition coefficient (Wildman–Crippen LogP) is 4.14. The van der Waals surface area contributed by atoms with E-state index in [1.165, 1.54) is 0 Å². The molecule has 1 fully saturated rings. The molecular formula is C9H12F6O2S2. The van der Waals surface area contributed by atoms with Crippen molar-refractivity contribution >= 4 is 22.8 Å². The molecular weight excluding hydrogens is 318 g/mol. The molecule has 10 heteroatoms. The maximum Gasteiger partial charge on any atom is 0.497 e. The summed E-state index contributed by atoms with van der Waals surface area (Å²) in [6.45, 7) is 0. The fourth-order valence-corrected chi connectivity index (χ4v) is 3.43. The van der Waals surface area contributed by atoms with Crippen molar-refractivity contribution < 1.29 is 34.7 Å². The zero-order valence-corrected chi connectivity index (χ0v) is 11.2. The first kappa shape index (κ1) is 17.1. The number of thioether (sulfide) groups is 1. The molecule has 0 N–H and O–H groups in total. The lowest BCUT2D eigenvalue weighted by molar-refractivity contribution is -0.0504. The number of hydrogen-bond acceptors (Lipinski definition) is 3. The van der Waals surface area contributed by atoms with Gasteiger partial charge in [-0.05, 0) is 24.6 Å². The van der Waals surface area contributed by atoms with E-state index in [4.69, 9.17) is 0 Å². The molecule has 0 spiro atoms. The van der Waals surface area contributed by atoms with Gasteiger partial charge in [0, 0.05) is 5.25 Å². The Morgan fingerprint density at radius 2 is 1.58 bits per heavy atom. The Bertz CT molecular complexity index is 317. The van der Waals surface area contributed by atoms with Crippen molar-refractivity contribution in [1.82, 2.24) is 0 Å². The third-order valence-electron chi connectivity index (χ3n) is 2.58. The van der Waals surface area contributed by atoms with Gasteiger partial charge in [-0.25, -0.2) is 4.21 Å². The summed E-state index contributed by atoms with van der Waals surface area (Å²) in [7, 11) is 0. The second kappa shape index (κ2) is 6.66. The Morgan fingerprint density at radius 1 is 1.00 bits per heavy atom. The standard InChI is InChI=1S/C9H12F6O2S2/c10-8(11,12)18-7-5-3-1-2-4-6(7)17-19(16)9(13,14)15/h6-7H,1-5H2/t6-,7+,19?/m0/s1. The first-order valence-corrected chi connectivity index (χ1v) is 7.45. The third-order valence-corrected chi connectivity index (χ3v) is 4.49. The molecule has 0 aromatic heterocycles. The normalized spacial score (nSPS) is 27.9. The van der Waals surface area contributed by atoms with E-state index in [-0.39, 0.29) is 24.6 Å². The summed E-state index contributed by atoms with van der Waals surface area (Å²) in [5, 5.41) is -1.14. The van der Waals surface area contributed by atoms with Crippen LogP contribution in [0.4, 0.5) is 26.3 Å². The van der Waals surface area contributed by atoms with Crippen molar-refractivity contribution in [2.75, 3.05) is 0 Å². The van der Waals surface area contributed by atoms with Gasteiger partial charge < -0.3 is 0 Å². The SMILES string of the molecule is O=S(O[C@H]1CCCCC[C@H]1SC(F)(F)F)C(F)(F)F. The van der Waals surface area contributed by atoms with Gasteiger partial charge in [0.1, 0.15) is 0 Å². The minimum absolute atomic E-state index is 0.0512. The highest BCUT2D eigenvalue weighted by molar-refractivity contribution is 8.00. The molecule has 0 saturated heterocycles. The van der Waals surface area contributed by atoms with Gasteiger partial charge in [0.2, 0.25) is 0 Å². The van der Waals surface area contributed by atoms with Gasteiger partial charge in [-0.15, -0.1) is 0 Å². The molecule has 114 valence electrons. The van der Waals surface area contributed by atoms with E-state index in [0.29, 0.717) is 19.3 Å². The van der Waals surface area contributed by atoms with Crippen LogP contribution in [0.3, 0.4) is 0 Å². The van der Waals surface area contributed by atoms with E-state index in [9.17, 15) is 30.6 Å². The summed E-state index contributed by atoms with van der Waals surface area (Å²) < 4.78 is 88.5. The molecule has 0 radical (unpaired) electrons. The van der Waals surface area contributed by atoms with Crippen molar-refractivity contribution in [3.63, 3.8) is 0 Å². The molecule has 0 aromatic rings. The molecule has 0 amide bonds. The van der Waals surface area contributed by atoms with Crippen LogP contribution < -0.4 is 0 Å². The molecule has 1 unspecified atom stereocenters. The van der Waals surface area contributed by atoms with E-state index in [1.807, 2.05) is 0 Å². The van der Waals surface area contributed by atoms with Crippen LogP contribution in [0.15, 0.2) is 0 Å². The van der Waals surface area contributed by atoms with Crippen molar-refractivity contribution in [3.8, 4) is 0 Å². The number of rotatable bonds is 3. The van der Waals surface area contributed by atoms with Gasteiger partial charge in [-0.2, -0.15) is 26.3 Å². The Kier molecular flexibility index (Phi) is 5.99. The van der Waals surface area contributed by atoms with Crippen LogP contribution in [0.1, 0.15) is 32.1 Å². The average molecular weight is 330 g/mol. The fourth-order valence-electron chi connectivity index (χ4n) is 1.82. The predicted molar refractivity (Wildman–Crippen MR) is 59.6 cm³/mol. The Labute approximate surface area is 112 Å². The van der Waals surface area contributed by atoms with Crippen LogP contribution in [-0.4, -0.2) is 26.6 Å². The van der Waals surface area contributed by atoms with Gasteiger partial charge >= 0.3 is 11.0 Å². The molecule has 0 aliphatic heterocycles. The van der Waals surface area contributed by atoms with Gasteiger partial charge in [-0.3, -0.25) is 4.18 Å². The topological polar surface area (TPSA) is 26.3 Å². The van der Waals surface area contributed by atoms with Gasteiger partial charge in [0.15, 0.2) is 0 Å². The van der Waals surface area contributed by atoms with Crippen molar-refractivity contribution in [1.29, 1.82) is 0 Å². The smallest absolute Gasteiger partial charge is 0.279 e. The first-order valence-electron chi connectivity index (χ1n) is 5.50. The zero-order chi connectivity index (χ0) is 14.7. The quantitative estimate of drug-likeness (QED) is 0.575. The van der Waals surface area contributed by atoms with E-state index >= 15 is 0 Å². The largest absolute Gasteiger partial charge is 0.497 e. The fraction of sp³-hybridized carbons (Fsp3) is 1.00. The molecule has 0 aromatic carbocycles. The van der Waals surface area contributed by atoms with Gasteiger partial charge in [0.25, 0.3) is 11.1 Å². The summed E-state index contributed by atoms with van der Waals surface area (Å²) in [5.74, 6) is 0. The summed E-state index contributed by atoms with van der Waals surface area (Å²) >= 11 is -3.95. The van der Waals surface area contributed by atoms with Crippen molar-refractivity contribution in [2.45, 2.75) is 54.5 Å². The van der Waals surface area contributed by atoms with Crippen molar-refractivity contribution in [3.05, 3.63) is 0 Å². The first-order chi connectivity index (χ1) is 8.59. The summed E-state index contributed by atoms with van der Waals surface area (Å²) in [4.78, 5) is 0. The molecule has 3 atom stereocenters. The van der Waals surface area contributed by atoms with E-state index in [1.54, 1.807) is 0 Å². The van der Waals surface area contributed by atoms with Crippen LogP contribution in [-0.2, 0) is 15.3 Å². The molecule has 0 heterocycles. The summed E-state index contributed by atoms with van der Waals surface area (Å²) in [6.07, 6.45) is 0.449.